The molecular weight excluding hydrogens is 451 g/mol. The Hall–Kier alpha value is -1.31. The lowest BCUT2D eigenvalue weighted by Gasteiger charge is -2.29. The number of carbonyl (C=O) groups is 1. The molecule has 1 aliphatic heterocycles. The normalized spacial score (nSPS) is 15.0. The van der Waals surface area contributed by atoms with Crippen LogP contribution in [0, 0.1) is 5.92 Å². The van der Waals surface area contributed by atoms with Crippen LogP contribution in [0.4, 0.5) is 0 Å². The number of nitrogens with zero attached hydrogens (tertiary/aromatic N) is 2. The molecule has 1 aliphatic rings. The first-order valence-electron chi connectivity index (χ1n) is 9.90. The average molecular weight is 486 g/mol. The van der Waals surface area contributed by atoms with Crippen LogP contribution in [-0.2, 0) is 17.8 Å². The molecule has 27 heavy (non-hydrogen) atoms. The Kier molecular flexibility index (Phi) is 10.7. The quantitative estimate of drug-likeness (QED) is 0.268. The van der Waals surface area contributed by atoms with E-state index in [0.717, 1.165) is 38.4 Å². The lowest BCUT2D eigenvalue weighted by Crippen LogP contribution is -2.44. The topological polar surface area (TPSA) is 56.7 Å². The molecule has 1 unspecified atom stereocenters. The van der Waals surface area contributed by atoms with Gasteiger partial charge in [0.05, 0.1) is 0 Å². The molecule has 1 aromatic carbocycles. The van der Waals surface area contributed by atoms with Crippen LogP contribution in [-0.4, -0.2) is 42.4 Å². The molecule has 0 bridgehead atoms. The molecule has 0 aromatic heterocycles. The summed E-state index contributed by atoms with van der Waals surface area (Å²) in [5, 5.41) is 6.70. The summed E-state index contributed by atoms with van der Waals surface area (Å²) in [6.07, 6.45) is 2.30. The summed E-state index contributed by atoms with van der Waals surface area (Å²) in [6, 6.07) is 8.78. The SMILES string of the molecule is CCNC(=NCCCC(=O)N1CCc2ccccc2C1)NC(C)C(C)C.I. The predicted molar refractivity (Wildman–Crippen MR) is 124 cm³/mol. The van der Waals surface area contributed by atoms with Crippen LogP contribution in [0.3, 0.4) is 0 Å². The van der Waals surface area contributed by atoms with Crippen molar-refractivity contribution in [1.82, 2.24) is 15.5 Å². The van der Waals surface area contributed by atoms with E-state index in [1.165, 1.54) is 11.1 Å². The Morgan fingerprint density at radius 2 is 1.93 bits per heavy atom. The van der Waals surface area contributed by atoms with Gasteiger partial charge in [-0.15, -0.1) is 24.0 Å². The molecule has 6 heteroatoms. The van der Waals surface area contributed by atoms with Crippen LogP contribution < -0.4 is 10.6 Å². The summed E-state index contributed by atoms with van der Waals surface area (Å²) in [6.45, 7) is 11.7. The van der Waals surface area contributed by atoms with Gasteiger partial charge in [0.2, 0.25) is 5.91 Å². The van der Waals surface area contributed by atoms with Gasteiger partial charge in [0.1, 0.15) is 0 Å². The zero-order valence-corrected chi connectivity index (χ0v) is 19.5. The minimum absolute atomic E-state index is 0. The van der Waals surface area contributed by atoms with E-state index in [0.29, 0.717) is 24.9 Å². The summed E-state index contributed by atoms with van der Waals surface area (Å²) in [5.41, 5.74) is 2.66. The Morgan fingerprint density at radius 1 is 1.22 bits per heavy atom. The summed E-state index contributed by atoms with van der Waals surface area (Å²) < 4.78 is 0. The third-order valence-electron chi connectivity index (χ3n) is 5.01. The fourth-order valence-corrected chi connectivity index (χ4v) is 2.99. The van der Waals surface area contributed by atoms with E-state index in [1.807, 2.05) is 4.90 Å². The maximum atomic E-state index is 12.5. The second-order valence-corrected chi connectivity index (χ2v) is 7.38. The molecule has 0 aliphatic carbocycles. The van der Waals surface area contributed by atoms with Crippen molar-refractivity contribution in [2.75, 3.05) is 19.6 Å². The van der Waals surface area contributed by atoms with Crippen LogP contribution in [0.2, 0.25) is 0 Å². The molecule has 0 spiro atoms. The molecule has 5 nitrogen and oxygen atoms in total. The van der Waals surface area contributed by atoms with Crippen molar-refractivity contribution in [3.63, 3.8) is 0 Å². The smallest absolute Gasteiger partial charge is 0.222 e. The minimum Gasteiger partial charge on any atom is -0.357 e. The number of aliphatic imine (C=N–C) groups is 1. The monoisotopic (exact) mass is 486 g/mol. The van der Waals surface area contributed by atoms with Crippen LogP contribution >= 0.6 is 24.0 Å². The second kappa shape index (κ2) is 12.2. The Bertz CT molecular complexity index is 618. The lowest BCUT2D eigenvalue weighted by atomic mass is 9.99. The molecule has 0 fully saturated rings. The van der Waals surface area contributed by atoms with Gasteiger partial charge in [-0.3, -0.25) is 9.79 Å². The number of amides is 1. The van der Waals surface area contributed by atoms with Crippen molar-refractivity contribution in [3.05, 3.63) is 35.4 Å². The minimum atomic E-state index is 0. The van der Waals surface area contributed by atoms with Gasteiger partial charge in [0, 0.05) is 38.6 Å². The van der Waals surface area contributed by atoms with E-state index in [1.54, 1.807) is 0 Å². The molecule has 152 valence electrons. The number of fused-ring (bicyclic) bond motifs is 1. The zero-order chi connectivity index (χ0) is 18.9. The summed E-state index contributed by atoms with van der Waals surface area (Å²) in [5.74, 6) is 1.62. The van der Waals surface area contributed by atoms with Gasteiger partial charge in [-0.05, 0) is 43.7 Å². The molecular formula is C21H35IN4O. The van der Waals surface area contributed by atoms with Crippen LogP contribution in [0.1, 0.15) is 51.7 Å². The van der Waals surface area contributed by atoms with Gasteiger partial charge in [0.25, 0.3) is 0 Å². The highest BCUT2D eigenvalue weighted by atomic mass is 127. The van der Waals surface area contributed by atoms with Crippen molar-refractivity contribution in [2.24, 2.45) is 10.9 Å². The maximum Gasteiger partial charge on any atom is 0.222 e. The first-order chi connectivity index (χ1) is 12.5. The fraction of sp³-hybridized carbons (Fsp3) is 0.619. The van der Waals surface area contributed by atoms with Crippen LogP contribution in [0.15, 0.2) is 29.3 Å². The van der Waals surface area contributed by atoms with Gasteiger partial charge in [0.15, 0.2) is 5.96 Å². The van der Waals surface area contributed by atoms with Gasteiger partial charge in [-0.2, -0.15) is 0 Å². The molecule has 1 amide bonds. The number of hydrogen-bond donors (Lipinski definition) is 2. The van der Waals surface area contributed by atoms with E-state index >= 15 is 0 Å². The number of rotatable bonds is 7. The first kappa shape index (κ1) is 23.7. The van der Waals surface area contributed by atoms with Crippen LogP contribution in [0.25, 0.3) is 0 Å². The summed E-state index contributed by atoms with van der Waals surface area (Å²) in [4.78, 5) is 19.1. The van der Waals surface area contributed by atoms with E-state index < -0.39 is 0 Å². The molecule has 2 N–H and O–H groups in total. The number of nitrogens with one attached hydrogen (secondary N) is 2. The highest BCUT2D eigenvalue weighted by molar-refractivity contribution is 14.0. The Morgan fingerprint density at radius 3 is 2.59 bits per heavy atom. The molecule has 0 saturated carbocycles. The van der Waals surface area contributed by atoms with Crippen molar-refractivity contribution in [3.8, 4) is 0 Å². The molecule has 1 heterocycles. The molecule has 1 atom stereocenters. The van der Waals surface area contributed by atoms with Crippen LogP contribution in [0.5, 0.6) is 0 Å². The van der Waals surface area contributed by atoms with E-state index in [2.05, 4.69) is 67.6 Å². The number of halogens is 1. The Labute approximate surface area is 181 Å². The van der Waals surface area contributed by atoms with Gasteiger partial charge >= 0.3 is 0 Å². The van der Waals surface area contributed by atoms with Crippen molar-refractivity contribution < 1.29 is 4.79 Å². The Balaban J connectivity index is 0.00000364. The van der Waals surface area contributed by atoms with E-state index in [4.69, 9.17) is 0 Å². The lowest BCUT2D eigenvalue weighted by molar-refractivity contribution is -0.132. The summed E-state index contributed by atoms with van der Waals surface area (Å²) in [7, 11) is 0. The fourth-order valence-electron chi connectivity index (χ4n) is 2.99. The standard InChI is InChI=1S/C21H34N4O.HI/c1-5-22-21(24-17(4)16(2)3)23-13-8-11-20(26)25-14-12-18-9-6-7-10-19(18)15-25;/h6-7,9-10,16-17H,5,8,11-15H2,1-4H3,(H2,22,23,24);1H. The maximum absolute atomic E-state index is 12.5. The first-order valence-corrected chi connectivity index (χ1v) is 9.90. The molecule has 1 aromatic rings. The molecule has 0 saturated heterocycles. The van der Waals surface area contributed by atoms with Crippen molar-refractivity contribution in [2.45, 2.75) is 59.5 Å². The predicted octanol–water partition coefficient (Wildman–Crippen LogP) is 3.57. The third-order valence-corrected chi connectivity index (χ3v) is 5.01. The van der Waals surface area contributed by atoms with E-state index in [-0.39, 0.29) is 29.9 Å². The number of benzene rings is 1. The van der Waals surface area contributed by atoms with Crippen molar-refractivity contribution in [1.29, 1.82) is 0 Å². The second-order valence-electron chi connectivity index (χ2n) is 7.38. The summed E-state index contributed by atoms with van der Waals surface area (Å²) >= 11 is 0. The number of hydrogen-bond acceptors (Lipinski definition) is 2. The van der Waals surface area contributed by atoms with Crippen molar-refractivity contribution >= 4 is 35.8 Å². The highest BCUT2D eigenvalue weighted by Gasteiger charge is 2.19. The van der Waals surface area contributed by atoms with Gasteiger partial charge < -0.3 is 15.5 Å². The molecule has 0 radical (unpaired) electrons. The van der Waals surface area contributed by atoms with Gasteiger partial charge in [-0.25, -0.2) is 0 Å². The zero-order valence-electron chi connectivity index (χ0n) is 17.1. The number of carbonyl (C=O) groups excluding carboxylic acids is 1. The molecule has 2 rings (SSSR count). The third kappa shape index (κ3) is 7.68. The number of guanidine groups is 1. The average Bonchev–Trinajstić information content (AvgIpc) is 2.64. The van der Waals surface area contributed by atoms with E-state index in [9.17, 15) is 4.79 Å². The highest BCUT2D eigenvalue weighted by Crippen LogP contribution is 2.19. The van der Waals surface area contributed by atoms with Gasteiger partial charge in [-0.1, -0.05) is 38.1 Å². The largest absolute Gasteiger partial charge is 0.357 e.